The third kappa shape index (κ3) is 3.36. The number of nitrogens with one attached hydrogen (secondary N) is 1. The normalized spacial score (nSPS) is 28.2. The van der Waals surface area contributed by atoms with Gasteiger partial charge in [-0.15, -0.1) is 0 Å². The van der Waals surface area contributed by atoms with Crippen molar-refractivity contribution < 1.29 is 9.53 Å². The first-order chi connectivity index (χ1) is 6.09. The molecule has 0 bridgehead atoms. The van der Waals surface area contributed by atoms with Crippen molar-refractivity contribution in [3.63, 3.8) is 0 Å². The maximum atomic E-state index is 11.1. The van der Waals surface area contributed by atoms with Crippen LogP contribution in [0, 0.1) is 0 Å². The number of carbonyl (C=O) groups excluding carboxylic acids is 1. The molecule has 0 radical (unpaired) electrons. The van der Waals surface area contributed by atoms with E-state index >= 15 is 0 Å². The third-order valence-corrected chi connectivity index (χ3v) is 2.24. The molecule has 1 heterocycles. The molecular weight excluding hydrogens is 190 g/mol. The van der Waals surface area contributed by atoms with Gasteiger partial charge in [-0.2, -0.15) is 0 Å². The van der Waals surface area contributed by atoms with Crippen LogP contribution < -0.4 is 5.32 Å². The first-order valence-electron chi connectivity index (χ1n) is 4.36. The van der Waals surface area contributed by atoms with Crippen LogP contribution in [0.2, 0.25) is 0 Å². The van der Waals surface area contributed by atoms with Gasteiger partial charge < -0.3 is 10.1 Å². The molecule has 2 atom stereocenters. The maximum Gasteiger partial charge on any atom is 0.262 e. The van der Waals surface area contributed by atoms with Gasteiger partial charge in [-0.05, 0) is 19.8 Å². The molecule has 74 valence electrons. The topological polar surface area (TPSA) is 38.3 Å². The highest BCUT2D eigenvalue weighted by molar-refractivity contribution is 6.41. The first kappa shape index (κ1) is 10.5. The first-order valence-corrected chi connectivity index (χ1v) is 4.74. The van der Waals surface area contributed by atoms with E-state index in [1.165, 1.54) is 0 Å². The van der Waals surface area contributed by atoms with E-state index in [0.29, 0.717) is 6.61 Å². The zero-order chi connectivity index (χ0) is 9.84. The summed E-state index contributed by atoms with van der Waals surface area (Å²) in [5.41, 5.74) is 0. The standard InChI is InChI=1S/C9H14ClNO2/c1-6-5-8(3-4-13-6)11-9(12)7(2)10/h6,8H,2-5H2,1H3,(H,11,12). The fourth-order valence-electron chi connectivity index (χ4n) is 1.39. The Morgan fingerprint density at radius 2 is 2.38 bits per heavy atom. The lowest BCUT2D eigenvalue weighted by atomic mass is 10.0. The molecule has 3 nitrogen and oxygen atoms in total. The van der Waals surface area contributed by atoms with Crippen molar-refractivity contribution in [1.82, 2.24) is 5.32 Å². The summed E-state index contributed by atoms with van der Waals surface area (Å²) in [5, 5.41) is 2.84. The Bertz CT molecular complexity index is 218. The second-order valence-corrected chi connectivity index (χ2v) is 3.74. The van der Waals surface area contributed by atoms with E-state index in [4.69, 9.17) is 16.3 Å². The van der Waals surface area contributed by atoms with Crippen molar-refractivity contribution in [2.45, 2.75) is 31.9 Å². The van der Waals surface area contributed by atoms with Gasteiger partial charge in [-0.25, -0.2) is 0 Å². The molecule has 4 heteroatoms. The van der Waals surface area contributed by atoms with E-state index in [0.717, 1.165) is 12.8 Å². The minimum absolute atomic E-state index is 0.0409. The summed E-state index contributed by atoms with van der Waals surface area (Å²) >= 11 is 5.45. The lowest BCUT2D eigenvalue weighted by Gasteiger charge is -2.27. The summed E-state index contributed by atoms with van der Waals surface area (Å²) in [4.78, 5) is 11.1. The second-order valence-electron chi connectivity index (χ2n) is 3.28. The molecule has 1 amide bonds. The van der Waals surface area contributed by atoms with Crippen LogP contribution in [0.3, 0.4) is 0 Å². The maximum absolute atomic E-state index is 11.1. The molecule has 0 spiro atoms. The van der Waals surface area contributed by atoms with Crippen molar-refractivity contribution in [1.29, 1.82) is 0 Å². The van der Waals surface area contributed by atoms with Crippen LogP contribution in [0.1, 0.15) is 19.8 Å². The van der Waals surface area contributed by atoms with Gasteiger partial charge in [-0.3, -0.25) is 4.79 Å². The summed E-state index contributed by atoms with van der Waals surface area (Å²) in [5.74, 6) is -0.277. The summed E-state index contributed by atoms with van der Waals surface area (Å²) in [6.45, 7) is 6.05. The zero-order valence-corrected chi connectivity index (χ0v) is 8.43. The molecule has 1 saturated heterocycles. The molecule has 1 aliphatic heterocycles. The van der Waals surface area contributed by atoms with Crippen LogP contribution in [-0.2, 0) is 9.53 Å². The van der Waals surface area contributed by atoms with E-state index in [1.54, 1.807) is 0 Å². The third-order valence-electron chi connectivity index (χ3n) is 2.07. The summed E-state index contributed by atoms with van der Waals surface area (Å²) in [6, 6.07) is 0.173. The smallest absolute Gasteiger partial charge is 0.262 e. The molecule has 0 aromatic rings. The van der Waals surface area contributed by atoms with Gasteiger partial charge >= 0.3 is 0 Å². The Labute approximate surface area is 83.1 Å². The Kier molecular flexibility index (Phi) is 3.75. The monoisotopic (exact) mass is 203 g/mol. The molecular formula is C9H14ClNO2. The van der Waals surface area contributed by atoms with Crippen LogP contribution in [-0.4, -0.2) is 24.7 Å². The number of rotatable bonds is 2. The number of hydrogen-bond donors (Lipinski definition) is 1. The van der Waals surface area contributed by atoms with Gasteiger partial charge in [0.25, 0.3) is 5.91 Å². The number of ether oxygens (including phenoxy) is 1. The zero-order valence-electron chi connectivity index (χ0n) is 7.68. The molecule has 1 rings (SSSR count). The molecule has 0 aromatic heterocycles. The molecule has 0 aliphatic carbocycles. The van der Waals surface area contributed by atoms with Crippen LogP contribution in [0.4, 0.5) is 0 Å². The van der Waals surface area contributed by atoms with Crippen molar-refractivity contribution in [2.75, 3.05) is 6.61 Å². The van der Waals surface area contributed by atoms with Crippen molar-refractivity contribution in [3.8, 4) is 0 Å². The molecule has 0 aromatic carbocycles. The lowest BCUT2D eigenvalue weighted by molar-refractivity contribution is -0.118. The van der Waals surface area contributed by atoms with Gasteiger partial charge in [0.15, 0.2) is 0 Å². The molecule has 1 N–H and O–H groups in total. The molecule has 1 fully saturated rings. The molecule has 0 saturated carbocycles. The fraction of sp³-hybridized carbons (Fsp3) is 0.667. The Morgan fingerprint density at radius 3 is 2.92 bits per heavy atom. The largest absolute Gasteiger partial charge is 0.378 e. The minimum Gasteiger partial charge on any atom is -0.378 e. The number of carbonyl (C=O) groups is 1. The predicted octanol–water partition coefficient (Wildman–Crippen LogP) is 1.42. The van der Waals surface area contributed by atoms with Gasteiger partial charge in [0, 0.05) is 12.6 Å². The second kappa shape index (κ2) is 4.63. The van der Waals surface area contributed by atoms with Crippen molar-refractivity contribution in [3.05, 3.63) is 11.6 Å². The Balaban J connectivity index is 2.36. The predicted molar refractivity (Wildman–Crippen MR) is 51.6 cm³/mol. The number of amides is 1. The summed E-state index contributed by atoms with van der Waals surface area (Å²) < 4.78 is 5.34. The molecule has 2 unspecified atom stereocenters. The van der Waals surface area contributed by atoms with Crippen LogP contribution in [0.25, 0.3) is 0 Å². The van der Waals surface area contributed by atoms with Crippen LogP contribution >= 0.6 is 11.6 Å². The highest BCUT2D eigenvalue weighted by Crippen LogP contribution is 2.13. The van der Waals surface area contributed by atoms with Gasteiger partial charge in [0.05, 0.1) is 11.1 Å². The van der Waals surface area contributed by atoms with Crippen LogP contribution in [0.5, 0.6) is 0 Å². The van der Waals surface area contributed by atoms with E-state index in [2.05, 4.69) is 11.9 Å². The Hall–Kier alpha value is -0.540. The highest BCUT2D eigenvalue weighted by Gasteiger charge is 2.21. The van der Waals surface area contributed by atoms with E-state index in [9.17, 15) is 4.79 Å². The van der Waals surface area contributed by atoms with Gasteiger partial charge in [0.1, 0.15) is 0 Å². The van der Waals surface area contributed by atoms with E-state index in [-0.39, 0.29) is 23.1 Å². The Morgan fingerprint density at radius 1 is 1.69 bits per heavy atom. The van der Waals surface area contributed by atoms with E-state index in [1.807, 2.05) is 6.92 Å². The number of hydrogen-bond acceptors (Lipinski definition) is 2. The fourth-order valence-corrected chi connectivity index (χ4v) is 1.45. The van der Waals surface area contributed by atoms with Gasteiger partial charge in [-0.1, -0.05) is 18.2 Å². The lowest BCUT2D eigenvalue weighted by Crippen LogP contribution is -2.41. The van der Waals surface area contributed by atoms with E-state index < -0.39 is 0 Å². The minimum atomic E-state index is -0.277. The quantitative estimate of drug-likeness (QED) is 0.690. The average molecular weight is 204 g/mol. The molecule has 1 aliphatic rings. The average Bonchev–Trinajstić information content (AvgIpc) is 2.04. The molecule has 13 heavy (non-hydrogen) atoms. The summed E-state index contributed by atoms with van der Waals surface area (Å²) in [6.07, 6.45) is 1.90. The number of halogens is 1. The SMILES string of the molecule is C=C(Cl)C(=O)NC1CCOC(C)C1. The van der Waals surface area contributed by atoms with Crippen molar-refractivity contribution in [2.24, 2.45) is 0 Å². The highest BCUT2D eigenvalue weighted by atomic mass is 35.5. The van der Waals surface area contributed by atoms with Crippen molar-refractivity contribution >= 4 is 17.5 Å². The van der Waals surface area contributed by atoms with Gasteiger partial charge in [0.2, 0.25) is 0 Å². The van der Waals surface area contributed by atoms with Crippen LogP contribution in [0.15, 0.2) is 11.6 Å². The summed E-state index contributed by atoms with van der Waals surface area (Å²) in [7, 11) is 0.